The van der Waals surface area contributed by atoms with Gasteiger partial charge in [0.15, 0.2) is 13.0 Å². The molecule has 1 amide bonds. The maximum absolute atomic E-state index is 13.3. The van der Waals surface area contributed by atoms with E-state index >= 15 is 0 Å². The van der Waals surface area contributed by atoms with Crippen molar-refractivity contribution in [3.8, 4) is 5.75 Å². The maximum Gasteiger partial charge on any atom is 0.332 e. The van der Waals surface area contributed by atoms with Gasteiger partial charge in [0.25, 0.3) is 5.91 Å². The number of benzene rings is 2. The number of amides is 1. The van der Waals surface area contributed by atoms with Gasteiger partial charge in [-0.15, -0.1) is 0 Å². The molecule has 1 aliphatic heterocycles. The predicted molar refractivity (Wildman–Crippen MR) is 89.8 cm³/mol. The first-order valence-electron chi connectivity index (χ1n) is 8.15. The standard InChI is InChI=1S/C19H18FNO5/c1-2-24-17(22)11-25-19-16-9-4-3-8-15(16)18(23)21(19)12-26-14-7-5-6-13(20)10-14/h3-10,19H,2,11-12H2,1H3. The average Bonchev–Trinajstić information content (AvgIpc) is 2.90. The number of nitrogens with zero attached hydrogens (tertiary/aromatic N) is 1. The van der Waals surface area contributed by atoms with Crippen LogP contribution in [-0.2, 0) is 14.3 Å². The number of hydrogen-bond donors (Lipinski definition) is 0. The molecule has 7 heteroatoms. The van der Waals surface area contributed by atoms with E-state index in [1.807, 2.05) is 0 Å². The van der Waals surface area contributed by atoms with Crippen molar-refractivity contribution in [2.24, 2.45) is 0 Å². The van der Waals surface area contributed by atoms with Gasteiger partial charge >= 0.3 is 5.97 Å². The minimum atomic E-state index is -0.781. The molecule has 0 saturated heterocycles. The van der Waals surface area contributed by atoms with Crippen molar-refractivity contribution >= 4 is 11.9 Å². The van der Waals surface area contributed by atoms with Gasteiger partial charge in [-0.25, -0.2) is 9.18 Å². The highest BCUT2D eigenvalue weighted by Crippen LogP contribution is 2.34. The number of carbonyl (C=O) groups excluding carboxylic acids is 2. The largest absolute Gasteiger partial charge is 0.473 e. The minimum absolute atomic E-state index is 0.148. The molecule has 0 saturated carbocycles. The fraction of sp³-hybridized carbons (Fsp3) is 0.263. The molecule has 2 aromatic carbocycles. The van der Waals surface area contributed by atoms with E-state index in [1.165, 1.54) is 23.1 Å². The van der Waals surface area contributed by atoms with E-state index in [0.717, 1.165) is 0 Å². The Morgan fingerprint density at radius 1 is 1.19 bits per heavy atom. The van der Waals surface area contributed by atoms with Gasteiger partial charge in [0.2, 0.25) is 0 Å². The third-order valence-electron chi connectivity index (χ3n) is 3.83. The molecule has 1 unspecified atom stereocenters. The molecule has 0 aliphatic carbocycles. The van der Waals surface area contributed by atoms with Crippen LogP contribution >= 0.6 is 0 Å². The molecule has 0 fully saturated rings. The molecule has 0 bridgehead atoms. The van der Waals surface area contributed by atoms with Crippen LogP contribution in [0.1, 0.15) is 29.1 Å². The van der Waals surface area contributed by atoms with Gasteiger partial charge in [-0.05, 0) is 25.1 Å². The molecule has 136 valence electrons. The number of rotatable bonds is 7. The summed E-state index contributed by atoms with van der Waals surface area (Å²) in [7, 11) is 0. The molecular formula is C19H18FNO5. The van der Waals surface area contributed by atoms with Crippen LogP contribution in [0.2, 0.25) is 0 Å². The number of esters is 1. The minimum Gasteiger partial charge on any atom is -0.473 e. The summed E-state index contributed by atoms with van der Waals surface area (Å²) < 4.78 is 29.3. The van der Waals surface area contributed by atoms with Crippen molar-refractivity contribution in [2.75, 3.05) is 19.9 Å². The summed E-state index contributed by atoms with van der Waals surface area (Å²) in [6, 6.07) is 12.6. The van der Waals surface area contributed by atoms with E-state index in [-0.39, 0.29) is 31.6 Å². The molecule has 0 radical (unpaired) electrons. The molecule has 0 N–H and O–H groups in total. The second kappa shape index (κ2) is 7.97. The summed E-state index contributed by atoms with van der Waals surface area (Å²) in [5, 5.41) is 0. The van der Waals surface area contributed by atoms with Gasteiger partial charge < -0.3 is 14.2 Å². The average molecular weight is 359 g/mol. The van der Waals surface area contributed by atoms with Crippen LogP contribution in [0.15, 0.2) is 48.5 Å². The highest BCUT2D eigenvalue weighted by atomic mass is 19.1. The van der Waals surface area contributed by atoms with Gasteiger partial charge in [0.1, 0.15) is 18.2 Å². The van der Waals surface area contributed by atoms with Gasteiger partial charge in [-0.1, -0.05) is 24.3 Å². The first kappa shape index (κ1) is 17.9. The Labute approximate surface area is 150 Å². The molecular weight excluding hydrogens is 341 g/mol. The topological polar surface area (TPSA) is 65.1 Å². The van der Waals surface area contributed by atoms with Crippen LogP contribution in [0.4, 0.5) is 4.39 Å². The van der Waals surface area contributed by atoms with Crippen LogP contribution in [0.5, 0.6) is 5.75 Å². The number of hydrogen-bond acceptors (Lipinski definition) is 5. The van der Waals surface area contributed by atoms with Crippen molar-refractivity contribution in [1.29, 1.82) is 0 Å². The lowest BCUT2D eigenvalue weighted by Crippen LogP contribution is -2.34. The molecule has 0 spiro atoms. The van der Waals surface area contributed by atoms with Gasteiger partial charge in [-0.2, -0.15) is 0 Å². The molecule has 1 atom stereocenters. The highest BCUT2D eigenvalue weighted by Gasteiger charge is 2.38. The molecule has 3 rings (SSSR count). The third kappa shape index (κ3) is 3.83. The summed E-state index contributed by atoms with van der Waals surface area (Å²) in [4.78, 5) is 25.6. The van der Waals surface area contributed by atoms with Crippen molar-refractivity contribution < 1.29 is 28.2 Å². The van der Waals surface area contributed by atoms with E-state index in [4.69, 9.17) is 14.2 Å². The number of fused-ring (bicyclic) bond motifs is 1. The monoisotopic (exact) mass is 359 g/mol. The van der Waals surface area contributed by atoms with Crippen LogP contribution in [0.25, 0.3) is 0 Å². The zero-order valence-electron chi connectivity index (χ0n) is 14.2. The Morgan fingerprint density at radius 3 is 2.77 bits per heavy atom. The van der Waals surface area contributed by atoms with Gasteiger partial charge in [-0.3, -0.25) is 9.69 Å². The molecule has 1 heterocycles. The molecule has 2 aromatic rings. The quantitative estimate of drug-likeness (QED) is 0.711. The van der Waals surface area contributed by atoms with Crippen molar-refractivity contribution in [2.45, 2.75) is 13.2 Å². The summed E-state index contributed by atoms with van der Waals surface area (Å²) >= 11 is 0. The third-order valence-corrected chi connectivity index (χ3v) is 3.83. The molecule has 26 heavy (non-hydrogen) atoms. The SMILES string of the molecule is CCOC(=O)COC1c2ccccc2C(=O)N1COc1cccc(F)c1. The first-order chi connectivity index (χ1) is 12.6. The summed E-state index contributed by atoms with van der Waals surface area (Å²) in [6.45, 7) is 1.50. The van der Waals surface area contributed by atoms with Crippen molar-refractivity contribution in [1.82, 2.24) is 4.90 Å². The van der Waals surface area contributed by atoms with Crippen molar-refractivity contribution in [3.05, 3.63) is 65.5 Å². The lowest BCUT2D eigenvalue weighted by atomic mass is 10.1. The summed E-state index contributed by atoms with van der Waals surface area (Å²) in [5.74, 6) is -0.951. The lowest BCUT2D eigenvalue weighted by molar-refractivity contribution is -0.155. The van der Waals surface area contributed by atoms with Crippen LogP contribution in [-0.4, -0.2) is 36.7 Å². The summed E-state index contributed by atoms with van der Waals surface area (Å²) in [5.41, 5.74) is 1.12. The number of halogens is 1. The zero-order chi connectivity index (χ0) is 18.5. The molecule has 1 aliphatic rings. The second-order valence-corrected chi connectivity index (χ2v) is 5.56. The smallest absolute Gasteiger partial charge is 0.332 e. The van der Waals surface area contributed by atoms with Crippen molar-refractivity contribution in [3.63, 3.8) is 0 Å². The van der Waals surface area contributed by atoms with E-state index in [0.29, 0.717) is 11.1 Å². The Balaban J connectivity index is 1.75. The normalized spacial score (nSPS) is 15.7. The molecule has 0 aromatic heterocycles. The highest BCUT2D eigenvalue weighted by molar-refractivity contribution is 5.98. The van der Waals surface area contributed by atoms with E-state index in [2.05, 4.69) is 0 Å². The number of ether oxygens (including phenoxy) is 3. The first-order valence-corrected chi connectivity index (χ1v) is 8.15. The van der Waals surface area contributed by atoms with Gasteiger partial charge in [0, 0.05) is 17.2 Å². The molecule has 6 nitrogen and oxygen atoms in total. The fourth-order valence-electron chi connectivity index (χ4n) is 2.69. The maximum atomic E-state index is 13.3. The Morgan fingerprint density at radius 2 is 2.00 bits per heavy atom. The Hall–Kier alpha value is -2.93. The van der Waals surface area contributed by atoms with Crippen LogP contribution in [0, 0.1) is 5.82 Å². The predicted octanol–water partition coefficient (Wildman–Crippen LogP) is 2.90. The Kier molecular flexibility index (Phi) is 5.48. The Bertz CT molecular complexity index is 810. The van der Waals surface area contributed by atoms with E-state index in [1.54, 1.807) is 37.3 Å². The van der Waals surface area contributed by atoms with Crippen LogP contribution in [0.3, 0.4) is 0 Å². The van der Waals surface area contributed by atoms with Crippen LogP contribution < -0.4 is 4.74 Å². The number of carbonyl (C=O) groups is 2. The summed E-state index contributed by atoms with van der Waals surface area (Å²) in [6.07, 6.45) is -0.781. The van der Waals surface area contributed by atoms with E-state index in [9.17, 15) is 14.0 Å². The lowest BCUT2D eigenvalue weighted by Gasteiger charge is -2.25. The zero-order valence-corrected chi connectivity index (χ0v) is 14.2. The van der Waals surface area contributed by atoms with Gasteiger partial charge in [0.05, 0.1) is 6.61 Å². The second-order valence-electron chi connectivity index (χ2n) is 5.56. The fourth-order valence-corrected chi connectivity index (χ4v) is 2.69. The van der Waals surface area contributed by atoms with E-state index < -0.39 is 18.0 Å².